The van der Waals surface area contributed by atoms with Gasteiger partial charge in [0.2, 0.25) is 10.0 Å². The van der Waals surface area contributed by atoms with Crippen molar-refractivity contribution in [2.45, 2.75) is 37.6 Å². The maximum absolute atomic E-state index is 12.9. The minimum Gasteiger partial charge on any atom is -0.316 e. The molecule has 1 aliphatic heterocycles. The third-order valence-corrected chi connectivity index (χ3v) is 6.29. The Morgan fingerprint density at radius 3 is 2.64 bits per heavy atom. The summed E-state index contributed by atoms with van der Waals surface area (Å²) >= 11 is 0. The van der Waals surface area contributed by atoms with Gasteiger partial charge in [-0.25, -0.2) is 8.42 Å². The first-order chi connectivity index (χ1) is 10.3. The molecule has 0 radical (unpaired) electrons. The van der Waals surface area contributed by atoms with E-state index in [1.54, 1.807) is 27.0 Å². The minimum atomic E-state index is -3.88. The van der Waals surface area contributed by atoms with Crippen LogP contribution in [0.15, 0.2) is 17.0 Å². The van der Waals surface area contributed by atoms with Gasteiger partial charge in [0.05, 0.1) is 4.92 Å². The highest BCUT2D eigenvalue weighted by atomic mass is 32.2. The van der Waals surface area contributed by atoms with E-state index in [9.17, 15) is 18.5 Å². The SMILES string of the molecule is CNC1CCCN(S(=O)(=O)c2c([N+](=O)[O-])ccc(C)c2C)C1. The van der Waals surface area contributed by atoms with Gasteiger partial charge in [0.25, 0.3) is 5.69 Å². The van der Waals surface area contributed by atoms with Gasteiger partial charge in [-0.3, -0.25) is 10.1 Å². The number of nitrogens with zero attached hydrogens (tertiary/aromatic N) is 2. The van der Waals surface area contributed by atoms with Gasteiger partial charge >= 0.3 is 0 Å². The topological polar surface area (TPSA) is 92.6 Å². The van der Waals surface area contributed by atoms with Gasteiger partial charge in [-0.05, 0) is 44.9 Å². The Kier molecular flexibility index (Phi) is 4.84. The van der Waals surface area contributed by atoms with Gasteiger partial charge < -0.3 is 5.32 Å². The number of hydrogen-bond donors (Lipinski definition) is 1. The molecule has 1 heterocycles. The van der Waals surface area contributed by atoms with Crippen LogP contribution in [0.5, 0.6) is 0 Å². The summed E-state index contributed by atoms with van der Waals surface area (Å²) in [6.07, 6.45) is 1.64. The van der Waals surface area contributed by atoms with Crippen LogP contribution in [0, 0.1) is 24.0 Å². The summed E-state index contributed by atoms with van der Waals surface area (Å²) < 4.78 is 27.2. The number of piperidine rings is 1. The molecule has 1 atom stereocenters. The maximum Gasteiger partial charge on any atom is 0.289 e. The summed E-state index contributed by atoms with van der Waals surface area (Å²) in [5.41, 5.74) is 0.821. The number of likely N-dealkylation sites (N-methyl/N-ethyl adjacent to an activating group) is 1. The van der Waals surface area contributed by atoms with E-state index >= 15 is 0 Å². The maximum atomic E-state index is 12.9. The van der Waals surface area contributed by atoms with Gasteiger partial charge in [0, 0.05) is 25.2 Å². The molecule has 2 rings (SSSR count). The number of hydrogen-bond acceptors (Lipinski definition) is 5. The number of sulfonamides is 1. The summed E-state index contributed by atoms with van der Waals surface area (Å²) in [5, 5.41) is 14.3. The van der Waals surface area contributed by atoms with Crippen molar-refractivity contribution in [3.05, 3.63) is 33.4 Å². The van der Waals surface area contributed by atoms with E-state index in [4.69, 9.17) is 0 Å². The standard InChI is InChI=1S/C14H21N3O4S/c1-10-6-7-13(17(18)19)14(11(10)2)22(20,21)16-8-4-5-12(9-16)15-3/h6-7,12,15H,4-5,8-9H2,1-3H3. The third-order valence-electron chi connectivity index (χ3n) is 4.24. The van der Waals surface area contributed by atoms with Crippen molar-refractivity contribution in [3.63, 3.8) is 0 Å². The molecule has 7 nitrogen and oxygen atoms in total. The molecule has 0 bridgehead atoms. The number of nitrogens with one attached hydrogen (secondary N) is 1. The average molecular weight is 327 g/mol. The van der Waals surface area contributed by atoms with E-state index in [2.05, 4.69) is 5.32 Å². The van der Waals surface area contributed by atoms with Crippen molar-refractivity contribution in [1.29, 1.82) is 0 Å². The van der Waals surface area contributed by atoms with Gasteiger partial charge in [-0.2, -0.15) is 4.31 Å². The van der Waals surface area contributed by atoms with Gasteiger partial charge in [0.1, 0.15) is 0 Å². The number of nitro benzene ring substituents is 1. The van der Waals surface area contributed by atoms with Gasteiger partial charge in [-0.15, -0.1) is 0 Å². The summed E-state index contributed by atoms with van der Waals surface area (Å²) in [6.45, 7) is 4.10. The average Bonchev–Trinajstić information content (AvgIpc) is 2.49. The van der Waals surface area contributed by atoms with E-state index in [0.29, 0.717) is 18.7 Å². The lowest BCUT2D eigenvalue weighted by Crippen LogP contribution is -2.47. The van der Waals surface area contributed by atoms with Gasteiger partial charge in [-0.1, -0.05) is 6.07 Å². The van der Waals surface area contributed by atoms with Crippen LogP contribution in [-0.2, 0) is 10.0 Å². The van der Waals surface area contributed by atoms with Crippen molar-refractivity contribution in [3.8, 4) is 0 Å². The van der Waals surface area contributed by atoms with Crippen LogP contribution in [0.25, 0.3) is 0 Å². The van der Waals surface area contributed by atoms with Crippen molar-refractivity contribution < 1.29 is 13.3 Å². The molecule has 1 N–H and O–H groups in total. The van der Waals surface area contributed by atoms with Gasteiger partial charge in [0.15, 0.2) is 4.90 Å². The lowest BCUT2D eigenvalue weighted by molar-refractivity contribution is -0.388. The molecular weight excluding hydrogens is 306 g/mol. The van der Waals surface area contributed by atoms with Crippen LogP contribution in [0.1, 0.15) is 24.0 Å². The summed E-state index contributed by atoms with van der Waals surface area (Å²) in [7, 11) is -2.09. The van der Waals surface area contributed by atoms with Crippen LogP contribution in [0.4, 0.5) is 5.69 Å². The third kappa shape index (κ3) is 2.99. The highest BCUT2D eigenvalue weighted by Crippen LogP contribution is 2.32. The second-order valence-corrected chi connectivity index (χ2v) is 7.48. The van der Waals surface area contributed by atoms with Crippen molar-refractivity contribution in [2.75, 3.05) is 20.1 Å². The fourth-order valence-corrected chi connectivity index (χ4v) is 4.73. The summed E-state index contributed by atoms with van der Waals surface area (Å²) in [4.78, 5) is 10.4. The molecule has 1 unspecified atom stereocenters. The quantitative estimate of drug-likeness (QED) is 0.669. The fraction of sp³-hybridized carbons (Fsp3) is 0.571. The van der Waals surface area contributed by atoms with Crippen LogP contribution in [0.3, 0.4) is 0 Å². The molecule has 1 fully saturated rings. The molecule has 122 valence electrons. The molecule has 0 aromatic heterocycles. The van der Waals surface area contributed by atoms with Crippen LogP contribution in [-0.4, -0.2) is 43.8 Å². The highest BCUT2D eigenvalue weighted by Gasteiger charge is 2.36. The first-order valence-corrected chi connectivity index (χ1v) is 8.65. The molecule has 0 aliphatic carbocycles. The number of nitro groups is 1. The monoisotopic (exact) mass is 327 g/mol. The molecule has 1 aromatic rings. The summed E-state index contributed by atoms with van der Waals surface area (Å²) in [6, 6.07) is 2.93. The Morgan fingerprint density at radius 2 is 2.05 bits per heavy atom. The first kappa shape index (κ1) is 16.9. The van der Waals surface area contributed by atoms with E-state index in [0.717, 1.165) is 18.4 Å². The predicted molar refractivity (Wildman–Crippen MR) is 83.4 cm³/mol. The zero-order chi connectivity index (χ0) is 16.5. The Morgan fingerprint density at radius 1 is 1.36 bits per heavy atom. The number of benzene rings is 1. The van der Waals surface area contributed by atoms with E-state index in [1.807, 2.05) is 0 Å². The smallest absolute Gasteiger partial charge is 0.289 e. The first-order valence-electron chi connectivity index (χ1n) is 7.21. The Hall–Kier alpha value is -1.51. The lowest BCUT2D eigenvalue weighted by Gasteiger charge is -2.32. The zero-order valence-corrected chi connectivity index (χ0v) is 13.8. The van der Waals surface area contributed by atoms with E-state index in [1.165, 1.54) is 10.4 Å². The fourth-order valence-electron chi connectivity index (χ4n) is 2.77. The molecule has 1 saturated heterocycles. The van der Waals surface area contributed by atoms with Crippen LogP contribution in [0.2, 0.25) is 0 Å². The van der Waals surface area contributed by atoms with Crippen molar-refractivity contribution in [1.82, 2.24) is 9.62 Å². The van der Waals surface area contributed by atoms with Crippen LogP contribution < -0.4 is 5.32 Å². The van der Waals surface area contributed by atoms with Crippen molar-refractivity contribution >= 4 is 15.7 Å². The Balaban J connectivity index is 2.54. The molecule has 0 saturated carbocycles. The summed E-state index contributed by atoms with van der Waals surface area (Å²) in [5.74, 6) is 0. The largest absolute Gasteiger partial charge is 0.316 e. The Bertz CT molecular complexity index is 688. The number of rotatable bonds is 4. The molecule has 0 amide bonds. The second-order valence-electron chi connectivity index (χ2n) is 5.60. The molecule has 1 aromatic carbocycles. The number of aryl methyl sites for hydroxylation is 1. The second kappa shape index (κ2) is 6.31. The van der Waals surface area contributed by atoms with Crippen LogP contribution >= 0.6 is 0 Å². The minimum absolute atomic E-state index is 0.0766. The van der Waals surface area contributed by atoms with E-state index < -0.39 is 14.9 Å². The highest BCUT2D eigenvalue weighted by molar-refractivity contribution is 7.89. The molecule has 22 heavy (non-hydrogen) atoms. The van der Waals surface area contributed by atoms with Crippen molar-refractivity contribution in [2.24, 2.45) is 0 Å². The normalized spacial score (nSPS) is 20.0. The predicted octanol–water partition coefficient (Wildman–Crippen LogP) is 1.58. The molecule has 1 aliphatic rings. The molecular formula is C14H21N3O4S. The van der Waals surface area contributed by atoms with E-state index in [-0.39, 0.29) is 16.6 Å². The molecule has 0 spiro atoms. The zero-order valence-electron chi connectivity index (χ0n) is 13.0. The lowest BCUT2D eigenvalue weighted by atomic mass is 10.1. The Labute approximate surface area is 130 Å². The molecule has 8 heteroatoms.